The lowest BCUT2D eigenvalue weighted by Crippen LogP contribution is -2.07. The average Bonchev–Trinajstić information content (AvgIpc) is 2.84. The van der Waals surface area contributed by atoms with Gasteiger partial charge in [-0.3, -0.25) is 0 Å². The van der Waals surface area contributed by atoms with Crippen molar-refractivity contribution in [3.05, 3.63) is 23.8 Å². The summed E-state index contributed by atoms with van der Waals surface area (Å²) in [7, 11) is 0. The first-order valence-corrected chi connectivity index (χ1v) is 6.68. The molecule has 0 atom stereocenters. The van der Waals surface area contributed by atoms with Crippen LogP contribution in [-0.4, -0.2) is 21.5 Å². The molecule has 18 heavy (non-hydrogen) atoms. The first kappa shape index (κ1) is 12.9. The van der Waals surface area contributed by atoms with E-state index in [-0.39, 0.29) is 0 Å². The fourth-order valence-electron chi connectivity index (χ4n) is 1.46. The van der Waals surface area contributed by atoms with Crippen molar-refractivity contribution < 1.29 is 4.42 Å². The third-order valence-corrected chi connectivity index (χ3v) is 3.32. The predicted octanol–water partition coefficient (Wildman–Crippen LogP) is 3.05. The molecule has 0 bridgehead atoms. The van der Waals surface area contributed by atoms with E-state index in [2.05, 4.69) is 27.2 Å². The molecule has 5 nitrogen and oxygen atoms in total. The second-order valence-corrected chi connectivity index (χ2v) is 4.82. The molecule has 2 rings (SSSR count). The number of hydrogen-bond acceptors (Lipinski definition) is 6. The molecule has 0 amide bonds. The van der Waals surface area contributed by atoms with Gasteiger partial charge in [0.25, 0.3) is 5.22 Å². The number of nitrogens with zero attached hydrogens (tertiary/aromatic N) is 3. The van der Waals surface area contributed by atoms with Crippen LogP contribution < -0.4 is 5.32 Å². The maximum absolute atomic E-state index is 5.22. The fraction of sp³-hybridized carbons (Fsp3) is 0.417. The molecule has 0 aliphatic carbocycles. The molecular formula is C12H16N4OS. The second-order valence-electron chi connectivity index (χ2n) is 3.88. The summed E-state index contributed by atoms with van der Waals surface area (Å²) < 4.78 is 5.22. The van der Waals surface area contributed by atoms with Crippen LogP contribution in [0, 0.1) is 13.8 Å². The van der Waals surface area contributed by atoms with Crippen molar-refractivity contribution in [1.82, 2.24) is 15.0 Å². The highest BCUT2D eigenvalue weighted by molar-refractivity contribution is 7.99. The van der Waals surface area contributed by atoms with E-state index in [4.69, 9.17) is 4.42 Å². The van der Waals surface area contributed by atoms with Gasteiger partial charge in [0.15, 0.2) is 0 Å². The van der Waals surface area contributed by atoms with Gasteiger partial charge in [-0.1, -0.05) is 6.92 Å². The highest BCUT2D eigenvalue weighted by Gasteiger charge is 2.12. The molecule has 2 aromatic heterocycles. The summed E-state index contributed by atoms with van der Waals surface area (Å²) in [6.07, 6.45) is 4.24. The second kappa shape index (κ2) is 5.86. The molecule has 0 aliphatic rings. The lowest BCUT2D eigenvalue weighted by molar-refractivity contribution is 0.454. The van der Waals surface area contributed by atoms with Gasteiger partial charge in [0.1, 0.15) is 22.9 Å². The monoisotopic (exact) mass is 264 g/mol. The van der Waals surface area contributed by atoms with E-state index in [1.165, 1.54) is 11.8 Å². The largest absolute Gasteiger partial charge is 0.440 e. The summed E-state index contributed by atoms with van der Waals surface area (Å²) in [4.78, 5) is 12.9. The molecule has 1 N–H and O–H groups in total. The molecule has 6 heteroatoms. The minimum absolute atomic E-state index is 0.595. The van der Waals surface area contributed by atoms with Gasteiger partial charge in [-0.15, -0.1) is 0 Å². The van der Waals surface area contributed by atoms with E-state index in [0.29, 0.717) is 5.22 Å². The Labute approximate surface area is 110 Å². The van der Waals surface area contributed by atoms with Crippen molar-refractivity contribution in [2.75, 3.05) is 11.9 Å². The van der Waals surface area contributed by atoms with Crippen molar-refractivity contribution in [1.29, 1.82) is 0 Å². The molecule has 0 aliphatic heterocycles. The van der Waals surface area contributed by atoms with Crippen LogP contribution in [0.15, 0.2) is 27.1 Å². The van der Waals surface area contributed by atoms with E-state index in [1.54, 1.807) is 12.5 Å². The van der Waals surface area contributed by atoms with E-state index < -0.39 is 0 Å². The third-order valence-electron chi connectivity index (χ3n) is 2.35. The molecule has 0 radical (unpaired) electrons. The molecule has 2 aromatic rings. The highest BCUT2D eigenvalue weighted by atomic mass is 32.2. The highest BCUT2D eigenvalue weighted by Crippen LogP contribution is 2.30. The molecule has 0 aromatic carbocycles. The normalized spacial score (nSPS) is 10.6. The Morgan fingerprint density at radius 1 is 1.33 bits per heavy atom. The summed E-state index contributed by atoms with van der Waals surface area (Å²) in [6.45, 7) is 6.91. The predicted molar refractivity (Wildman–Crippen MR) is 70.9 cm³/mol. The maximum Gasteiger partial charge on any atom is 0.261 e. The molecular weight excluding hydrogens is 248 g/mol. The lowest BCUT2D eigenvalue weighted by atomic mass is 10.3. The van der Waals surface area contributed by atoms with Crippen LogP contribution in [0.2, 0.25) is 0 Å². The van der Waals surface area contributed by atoms with E-state index >= 15 is 0 Å². The van der Waals surface area contributed by atoms with Gasteiger partial charge in [0.2, 0.25) is 0 Å². The van der Waals surface area contributed by atoms with Crippen molar-refractivity contribution in [2.24, 2.45) is 0 Å². The third kappa shape index (κ3) is 3.01. The van der Waals surface area contributed by atoms with E-state index in [9.17, 15) is 0 Å². The van der Waals surface area contributed by atoms with Crippen LogP contribution in [0.4, 0.5) is 5.82 Å². The van der Waals surface area contributed by atoms with Crippen LogP contribution in [0.25, 0.3) is 0 Å². The van der Waals surface area contributed by atoms with Gasteiger partial charge in [-0.05, 0) is 32.0 Å². The fourth-order valence-corrected chi connectivity index (χ4v) is 2.27. The zero-order chi connectivity index (χ0) is 13.0. The Kier molecular flexibility index (Phi) is 4.19. The number of oxazole rings is 1. The summed E-state index contributed by atoms with van der Waals surface area (Å²) in [5.74, 6) is 1.63. The number of hydrogen-bond donors (Lipinski definition) is 1. The minimum Gasteiger partial charge on any atom is -0.440 e. The summed E-state index contributed by atoms with van der Waals surface area (Å²) in [5.41, 5.74) is 1.03. The molecule has 0 unspecified atom stereocenters. The number of anilines is 1. The van der Waals surface area contributed by atoms with Gasteiger partial charge >= 0.3 is 0 Å². The number of nitrogens with one attached hydrogen (secondary N) is 1. The summed E-state index contributed by atoms with van der Waals surface area (Å²) in [5, 5.41) is 4.78. The van der Waals surface area contributed by atoms with Crippen LogP contribution in [0.1, 0.15) is 24.7 Å². The Morgan fingerprint density at radius 2 is 2.17 bits per heavy atom. The SMILES string of the molecule is CCCNc1nc(C)nc(Sc2ncco2)c1C. The van der Waals surface area contributed by atoms with E-state index in [0.717, 1.165) is 35.2 Å². The zero-order valence-corrected chi connectivity index (χ0v) is 11.5. The molecule has 0 saturated heterocycles. The van der Waals surface area contributed by atoms with Crippen molar-refractivity contribution in [3.63, 3.8) is 0 Å². The summed E-state index contributed by atoms with van der Waals surface area (Å²) >= 11 is 1.41. The van der Waals surface area contributed by atoms with Crippen LogP contribution in [0.3, 0.4) is 0 Å². The Morgan fingerprint density at radius 3 is 2.83 bits per heavy atom. The molecule has 0 fully saturated rings. The van der Waals surface area contributed by atoms with Gasteiger partial charge in [0, 0.05) is 12.1 Å². The quantitative estimate of drug-likeness (QED) is 0.837. The number of rotatable bonds is 5. The maximum atomic E-state index is 5.22. The van der Waals surface area contributed by atoms with Crippen molar-refractivity contribution >= 4 is 17.6 Å². The topological polar surface area (TPSA) is 63.8 Å². The smallest absolute Gasteiger partial charge is 0.261 e. The average molecular weight is 264 g/mol. The number of aryl methyl sites for hydroxylation is 1. The van der Waals surface area contributed by atoms with Gasteiger partial charge in [0.05, 0.1) is 6.20 Å². The molecule has 96 valence electrons. The first-order valence-electron chi connectivity index (χ1n) is 5.87. The Balaban J connectivity index is 2.26. The standard InChI is InChI=1S/C12H16N4OS/c1-4-5-13-10-8(2)11(16-9(3)15-10)18-12-14-6-7-17-12/h6-7H,4-5H2,1-3H3,(H,13,15,16). The minimum atomic E-state index is 0.595. The number of aromatic nitrogens is 3. The molecule has 0 spiro atoms. The lowest BCUT2D eigenvalue weighted by Gasteiger charge is -2.11. The van der Waals surface area contributed by atoms with Crippen LogP contribution >= 0.6 is 11.8 Å². The molecule has 0 saturated carbocycles. The van der Waals surface area contributed by atoms with Gasteiger partial charge in [-0.2, -0.15) is 0 Å². The van der Waals surface area contributed by atoms with Gasteiger partial charge < -0.3 is 9.73 Å². The summed E-state index contributed by atoms with van der Waals surface area (Å²) in [6, 6.07) is 0. The first-order chi connectivity index (χ1) is 8.70. The van der Waals surface area contributed by atoms with E-state index in [1.807, 2.05) is 13.8 Å². The molecule has 2 heterocycles. The zero-order valence-electron chi connectivity index (χ0n) is 10.7. The van der Waals surface area contributed by atoms with Crippen LogP contribution in [-0.2, 0) is 0 Å². The Bertz CT molecular complexity index is 513. The van der Waals surface area contributed by atoms with Crippen LogP contribution in [0.5, 0.6) is 0 Å². The Hall–Kier alpha value is -1.56. The van der Waals surface area contributed by atoms with Crippen molar-refractivity contribution in [2.45, 2.75) is 37.4 Å². The van der Waals surface area contributed by atoms with Crippen molar-refractivity contribution in [3.8, 4) is 0 Å². The van der Waals surface area contributed by atoms with Gasteiger partial charge in [-0.25, -0.2) is 15.0 Å².